The second kappa shape index (κ2) is 5.20. The highest BCUT2D eigenvalue weighted by Crippen LogP contribution is 2.25. The Labute approximate surface area is 130 Å². The van der Waals surface area contributed by atoms with Gasteiger partial charge in [-0.25, -0.2) is 9.97 Å². The van der Waals surface area contributed by atoms with E-state index in [1.54, 1.807) is 18.5 Å². The minimum absolute atomic E-state index is 0.0151. The van der Waals surface area contributed by atoms with Crippen molar-refractivity contribution in [1.29, 1.82) is 0 Å². The van der Waals surface area contributed by atoms with E-state index in [0.717, 1.165) is 10.9 Å². The number of carbonyl (C=O) groups is 1. The molecule has 4 nitrogen and oxygen atoms in total. The molecule has 0 fully saturated rings. The number of carbonyl (C=O) groups excluding carboxylic acids is 1. The molecule has 0 atom stereocenters. The molecule has 3 aromatic heterocycles. The van der Waals surface area contributed by atoms with Crippen LogP contribution in [0.2, 0.25) is 0 Å². The molecule has 4 aromatic rings. The van der Waals surface area contributed by atoms with E-state index in [1.165, 1.54) is 11.3 Å². The first-order valence-electron chi connectivity index (χ1n) is 6.81. The van der Waals surface area contributed by atoms with Crippen molar-refractivity contribution in [2.45, 2.75) is 0 Å². The Kier molecular flexibility index (Phi) is 3.05. The predicted molar refractivity (Wildman–Crippen MR) is 86.6 cm³/mol. The Morgan fingerprint density at radius 1 is 1.00 bits per heavy atom. The van der Waals surface area contributed by atoms with Crippen LogP contribution in [0.1, 0.15) is 15.4 Å². The third-order valence-electron chi connectivity index (χ3n) is 3.44. The lowest BCUT2D eigenvalue weighted by Gasteiger charge is -2.07. The molecule has 1 aromatic carbocycles. The molecule has 5 heteroatoms. The van der Waals surface area contributed by atoms with Gasteiger partial charge in [-0.3, -0.25) is 9.36 Å². The van der Waals surface area contributed by atoms with Gasteiger partial charge in [0.25, 0.3) is 0 Å². The average Bonchev–Trinajstić information content (AvgIpc) is 3.22. The van der Waals surface area contributed by atoms with Gasteiger partial charge in [-0.05, 0) is 29.6 Å². The van der Waals surface area contributed by atoms with Gasteiger partial charge >= 0.3 is 0 Å². The van der Waals surface area contributed by atoms with Gasteiger partial charge in [0.05, 0.1) is 16.1 Å². The van der Waals surface area contributed by atoms with Gasteiger partial charge in [0.2, 0.25) is 11.7 Å². The summed E-state index contributed by atoms with van der Waals surface area (Å²) >= 11 is 1.44. The maximum atomic E-state index is 12.8. The van der Waals surface area contributed by atoms with Gasteiger partial charge in [0, 0.05) is 17.8 Å². The monoisotopic (exact) mass is 305 g/mol. The zero-order valence-corrected chi connectivity index (χ0v) is 12.3. The zero-order valence-electron chi connectivity index (χ0n) is 11.5. The van der Waals surface area contributed by atoms with Crippen molar-refractivity contribution in [3.05, 3.63) is 76.9 Å². The lowest BCUT2D eigenvalue weighted by Crippen LogP contribution is -2.10. The third-order valence-corrected chi connectivity index (χ3v) is 4.31. The molecule has 4 rings (SSSR count). The molecule has 106 valence electrons. The highest BCUT2D eigenvalue weighted by atomic mass is 32.1. The number of thiophene rings is 1. The van der Waals surface area contributed by atoms with E-state index in [0.29, 0.717) is 16.5 Å². The van der Waals surface area contributed by atoms with E-state index in [-0.39, 0.29) is 5.78 Å². The minimum Gasteiger partial charge on any atom is -0.286 e. The third kappa shape index (κ3) is 2.03. The summed E-state index contributed by atoms with van der Waals surface area (Å²) in [5.74, 6) is 0.488. The van der Waals surface area contributed by atoms with E-state index < -0.39 is 0 Å². The molecule has 0 amide bonds. The van der Waals surface area contributed by atoms with E-state index >= 15 is 0 Å². The van der Waals surface area contributed by atoms with Crippen LogP contribution in [0, 0.1) is 0 Å². The van der Waals surface area contributed by atoms with Crippen LogP contribution >= 0.6 is 11.3 Å². The number of nitrogens with zero attached hydrogens (tertiary/aromatic N) is 3. The second-order valence-electron chi connectivity index (χ2n) is 4.78. The SMILES string of the molecule is O=C(c1cccs1)c1cc2ccccc2n1-c1ncccn1. The van der Waals surface area contributed by atoms with Crippen LogP contribution in [0.25, 0.3) is 16.9 Å². The number of para-hydroxylation sites is 1. The van der Waals surface area contributed by atoms with E-state index in [1.807, 2.05) is 52.4 Å². The Hall–Kier alpha value is -2.79. The fourth-order valence-electron chi connectivity index (χ4n) is 2.48. The van der Waals surface area contributed by atoms with Crippen LogP contribution in [0.15, 0.2) is 66.3 Å². The molecule has 0 radical (unpaired) electrons. The highest BCUT2D eigenvalue weighted by Gasteiger charge is 2.19. The van der Waals surface area contributed by atoms with Crippen molar-refractivity contribution in [1.82, 2.24) is 14.5 Å². The van der Waals surface area contributed by atoms with Crippen LogP contribution in [0.3, 0.4) is 0 Å². The molecule has 0 saturated heterocycles. The van der Waals surface area contributed by atoms with Crippen molar-refractivity contribution in [3.8, 4) is 5.95 Å². The van der Waals surface area contributed by atoms with Crippen molar-refractivity contribution in [2.24, 2.45) is 0 Å². The number of rotatable bonds is 3. The summed E-state index contributed by atoms with van der Waals surface area (Å²) < 4.78 is 1.82. The second-order valence-corrected chi connectivity index (χ2v) is 5.73. The molecule has 3 heterocycles. The summed E-state index contributed by atoms with van der Waals surface area (Å²) in [5, 5.41) is 2.90. The Morgan fingerprint density at radius 2 is 1.82 bits per heavy atom. The molecule has 0 unspecified atom stereocenters. The fourth-order valence-corrected chi connectivity index (χ4v) is 3.15. The predicted octanol–water partition coefficient (Wildman–Crippen LogP) is 3.71. The standard InChI is InChI=1S/C17H11N3OS/c21-16(15-7-3-10-22-15)14-11-12-5-1-2-6-13(12)20(14)17-18-8-4-9-19-17/h1-11H. The summed E-state index contributed by atoms with van der Waals surface area (Å²) in [5.41, 5.74) is 1.50. The molecule has 0 bridgehead atoms. The number of benzene rings is 1. The fraction of sp³-hybridized carbons (Fsp3) is 0. The summed E-state index contributed by atoms with van der Waals surface area (Å²) in [7, 11) is 0. The van der Waals surface area contributed by atoms with Crippen LogP contribution in [0.4, 0.5) is 0 Å². The number of ketones is 1. The summed E-state index contributed by atoms with van der Waals surface area (Å²) in [4.78, 5) is 22.1. The number of hydrogen-bond acceptors (Lipinski definition) is 4. The first-order valence-corrected chi connectivity index (χ1v) is 7.68. The molecular formula is C17H11N3OS. The Morgan fingerprint density at radius 3 is 2.59 bits per heavy atom. The van der Waals surface area contributed by atoms with Gasteiger partial charge in [0.1, 0.15) is 0 Å². The van der Waals surface area contributed by atoms with Crippen LogP contribution in [0.5, 0.6) is 0 Å². The van der Waals surface area contributed by atoms with Crippen molar-refractivity contribution in [3.63, 3.8) is 0 Å². The largest absolute Gasteiger partial charge is 0.286 e. The molecule has 0 aliphatic carbocycles. The van der Waals surface area contributed by atoms with Crippen molar-refractivity contribution in [2.75, 3.05) is 0 Å². The highest BCUT2D eigenvalue weighted by molar-refractivity contribution is 7.12. The summed E-state index contributed by atoms with van der Waals surface area (Å²) in [6, 6.07) is 15.2. The quantitative estimate of drug-likeness (QED) is 0.542. The van der Waals surface area contributed by atoms with Gasteiger partial charge in [0.15, 0.2) is 0 Å². The smallest absolute Gasteiger partial charge is 0.234 e. The van der Waals surface area contributed by atoms with Crippen LogP contribution in [-0.4, -0.2) is 20.3 Å². The summed E-state index contributed by atoms with van der Waals surface area (Å²) in [6.45, 7) is 0. The molecule has 0 aliphatic heterocycles. The van der Waals surface area contributed by atoms with E-state index in [2.05, 4.69) is 9.97 Å². The van der Waals surface area contributed by atoms with Gasteiger partial charge in [-0.1, -0.05) is 24.3 Å². The summed E-state index contributed by atoms with van der Waals surface area (Å²) in [6.07, 6.45) is 3.35. The van der Waals surface area contributed by atoms with Crippen molar-refractivity contribution < 1.29 is 4.79 Å². The lowest BCUT2D eigenvalue weighted by atomic mass is 10.2. The van der Waals surface area contributed by atoms with E-state index in [4.69, 9.17) is 0 Å². The topological polar surface area (TPSA) is 47.8 Å². The number of fused-ring (bicyclic) bond motifs is 1. The average molecular weight is 305 g/mol. The first-order chi connectivity index (χ1) is 10.8. The Bertz CT molecular complexity index is 943. The van der Waals surface area contributed by atoms with Crippen LogP contribution in [-0.2, 0) is 0 Å². The molecule has 0 N–H and O–H groups in total. The van der Waals surface area contributed by atoms with Crippen LogP contribution < -0.4 is 0 Å². The Balaban J connectivity index is 2.00. The molecule has 0 spiro atoms. The maximum Gasteiger partial charge on any atom is 0.234 e. The van der Waals surface area contributed by atoms with Gasteiger partial charge in [-0.2, -0.15) is 0 Å². The zero-order chi connectivity index (χ0) is 14.9. The number of aromatic nitrogens is 3. The van der Waals surface area contributed by atoms with Crippen molar-refractivity contribution >= 4 is 28.0 Å². The maximum absolute atomic E-state index is 12.8. The van der Waals surface area contributed by atoms with Gasteiger partial charge in [-0.15, -0.1) is 11.3 Å². The first kappa shape index (κ1) is 12.9. The number of hydrogen-bond donors (Lipinski definition) is 0. The van der Waals surface area contributed by atoms with E-state index in [9.17, 15) is 4.79 Å². The molecule has 22 heavy (non-hydrogen) atoms. The molecule has 0 saturated carbocycles. The van der Waals surface area contributed by atoms with Gasteiger partial charge < -0.3 is 0 Å². The minimum atomic E-state index is -0.0151. The molecular weight excluding hydrogens is 294 g/mol. The normalized spacial score (nSPS) is 10.9. The molecule has 0 aliphatic rings. The lowest BCUT2D eigenvalue weighted by molar-refractivity contribution is 0.103.